The summed E-state index contributed by atoms with van der Waals surface area (Å²) in [7, 11) is 0. The van der Waals surface area contributed by atoms with Gasteiger partial charge in [-0.25, -0.2) is 9.78 Å². The van der Waals surface area contributed by atoms with Crippen LogP contribution >= 0.6 is 0 Å². The third-order valence-electron chi connectivity index (χ3n) is 5.19. The van der Waals surface area contributed by atoms with Gasteiger partial charge in [0.1, 0.15) is 29.6 Å². The van der Waals surface area contributed by atoms with E-state index in [0.717, 1.165) is 25.7 Å². The van der Waals surface area contributed by atoms with E-state index in [4.69, 9.17) is 4.74 Å². The first-order chi connectivity index (χ1) is 12.6. The van der Waals surface area contributed by atoms with Gasteiger partial charge < -0.3 is 25.4 Å². The van der Waals surface area contributed by atoms with Gasteiger partial charge in [-0.05, 0) is 12.8 Å². The second-order valence-electron chi connectivity index (χ2n) is 6.95. The molecule has 0 radical (unpaired) electrons. The van der Waals surface area contributed by atoms with E-state index in [1.807, 2.05) is 0 Å². The molecule has 1 saturated heterocycles. The Bertz CT molecular complexity index is 830. The van der Waals surface area contributed by atoms with Crippen LogP contribution in [-0.2, 0) is 4.74 Å². The molecule has 2 aromatic heterocycles. The molecule has 1 aliphatic carbocycles. The van der Waals surface area contributed by atoms with E-state index in [1.165, 1.54) is 17.3 Å². The van der Waals surface area contributed by atoms with Crippen molar-refractivity contribution in [3.63, 3.8) is 0 Å². The molecule has 4 atom stereocenters. The van der Waals surface area contributed by atoms with Crippen molar-refractivity contribution in [2.45, 2.75) is 62.7 Å². The summed E-state index contributed by atoms with van der Waals surface area (Å²) in [6, 6.07) is 0.268. The zero-order valence-corrected chi connectivity index (χ0v) is 14.2. The van der Waals surface area contributed by atoms with Crippen molar-refractivity contribution in [3.05, 3.63) is 16.8 Å². The van der Waals surface area contributed by atoms with Crippen molar-refractivity contribution < 1.29 is 20.1 Å². The maximum Gasteiger partial charge on any atom is 0.348 e. The van der Waals surface area contributed by atoms with Gasteiger partial charge in [0, 0.05) is 6.04 Å². The van der Waals surface area contributed by atoms with Crippen LogP contribution in [0.15, 0.2) is 11.1 Å². The second-order valence-corrected chi connectivity index (χ2v) is 6.95. The van der Waals surface area contributed by atoms with E-state index < -0.39 is 36.8 Å². The first-order valence-corrected chi connectivity index (χ1v) is 8.94. The fourth-order valence-electron chi connectivity index (χ4n) is 3.78. The smallest absolute Gasteiger partial charge is 0.348 e. The van der Waals surface area contributed by atoms with Crippen LogP contribution in [-0.4, -0.2) is 65.8 Å². The lowest BCUT2D eigenvalue weighted by molar-refractivity contribution is -0.0511. The number of ether oxygens (including phenoxy) is 1. The summed E-state index contributed by atoms with van der Waals surface area (Å²) in [4.78, 5) is 23.0. The molecule has 142 valence electrons. The van der Waals surface area contributed by atoms with Gasteiger partial charge in [-0.1, -0.05) is 19.3 Å². The SMILES string of the molecule is O=c1nc2c(ncn2[C@@H]2O[C@H](CO)[C@@H](O)[C@H]2O)c(NC2CCCCC2)[nH]1. The second kappa shape index (κ2) is 6.95. The van der Waals surface area contributed by atoms with Crippen molar-refractivity contribution in [3.8, 4) is 0 Å². The number of aromatic nitrogens is 4. The Morgan fingerprint density at radius 2 is 2.04 bits per heavy atom. The average Bonchev–Trinajstić information content (AvgIpc) is 3.17. The van der Waals surface area contributed by atoms with Crippen LogP contribution in [0.2, 0.25) is 0 Å². The van der Waals surface area contributed by atoms with Gasteiger partial charge in [0.25, 0.3) is 0 Å². The molecular formula is C16H23N5O5. The number of aromatic amines is 1. The molecule has 26 heavy (non-hydrogen) atoms. The summed E-state index contributed by atoms with van der Waals surface area (Å²) in [6.45, 7) is -0.427. The first-order valence-electron chi connectivity index (χ1n) is 8.94. The van der Waals surface area contributed by atoms with Crippen LogP contribution in [0.4, 0.5) is 5.82 Å². The van der Waals surface area contributed by atoms with Gasteiger partial charge in [0.05, 0.1) is 12.9 Å². The zero-order chi connectivity index (χ0) is 18.3. The highest BCUT2D eigenvalue weighted by Gasteiger charge is 2.44. The molecule has 0 unspecified atom stereocenters. The van der Waals surface area contributed by atoms with Crippen LogP contribution in [0, 0.1) is 0 Å². The molecule has 0 amide bonds. The third kappa shape index (κ3) is 2.98. The number of imidazole rings is 1. The summed E-state index contributed by atoms with van der Waals surface area (Å²) in [5, 5.41) is 32.8. The standard InChI is InChI=1S/C16H23N5O5/c22-6-9-11(23)12(24)15(26-9)21-7-17-10-13(19-16(25)20-14(10)21)18-8-4-2-1-3-5-8/h7-9,11-12,15,22-24H,1-6H2,(H2,18,19,20,25)/t9-,11-,12-,15-/m1/s1. The Hall–Kier alpha value is -2.01. The summed E-state index contributed by atoms with van der Waals surface area (Å²) in [6.07, 6.45) is 2.60. The molecule has 2 aromatic rings. The van der Waals surface area contributed by atoms with E-state index in [9.17, 15) is 20.1 Å². The number of H-pyrrole nitrogens is 1. The van der Waals surface area contributed by atoms with E-state index in [-0.39, 0.29) is 11.7 Å². The van der Waals surface area contributed by atoms with Crippen LogP contribution < -0.4 is 11.0 Å². The Morgan fingerprint density at radius 1 is 1.27 bits per heavy atom. The van der Waals surface area contributed by atoms with Gasteiger partial charge >= 0.3 is 5.69 Å². The highest BCUT2D eigenvalue weighted by atomic mass is 16.6. The molecule has 3 heterocycles. The lowest BCUT2D eigenvalue weighted by Crippen LogP contribution is -2.33. The molecule has 0 spiro atoms. The molecule has 0 bridgehead atoms. The highest BCUT2D eigenvalue weighted by Crippen LogP contribution is 2.32. The number of hydrogen-bond acceptors (Lipinski definition) is 8. The lowest BCUT2D eigenvalue weighted by Gasteiger charge is -2.23. The number of rotatable bonds is 4. The van der Waals surface area contributed by atoms with Gasteiger partial charge in [-0.2, -0.15) is 4.98 Å². The third-order valence-corrected chi connectivity index (χ3v) is 5.19. The van der Waals surface area contributed by atoms with Crippen molar-refractivity contribution in [2.75, 3.05) is 11.9 Å². The number of aliphatic hydroxyl groups excluding tert-OH is 3. The summed E-state index contributed by atoms with van der Waals surface area (Å²) < 4.78 is 6.93. The van der Waals surface area contributed by atoms with E-state index in [2.05, 4.69) is 20.3 Å². The number of nitrogens with one attached hydrogen (secondary N) is 2. The monoisotopic (exact) mass is 365 g/mol. The molecule has 10 heteroatoms. The number of hydrogen-bond donors (Lipinski definition) is 5. The largest absolute Gasteiger partial charge is 0.394 e. The summed E-state index contributed by atoms with van der Waals surface area (Å²) >= 11 is 0. The molecule has 0 aromatic carbocycles. The predicted molar refractivity (Wildman–Crippen MR) is 91.7 cm³/mol. The zero-order valence-electron chi connectivity index (χ0n) is 14.2. The van der Waals surface area contributed by atoms with E-state index in [1.54, 1.807) is 0 Å². The van der Waals surface area contributed by atoms with Crippen LogP contribution in [0.5, 0.6) is 0 Å². The first kappa shape index (κ1) is 17.4. The maximum atomic E-state index is 12.0. The highest BCUT2D eigenvalue weighted by molar-refractivity contribution is 5.82. The Balaban J connectivity index is 1.69. The Morgan fingerprint density at radius 3 is 2.73 bits per heavy atom. The van der Waals surface area contributed by atoms with Crippen LogP contribution in [0.1, 0.15) is 38.3 Å². The minimum Gasteiger partial charge on any atom is -0.394 e. The number of nitrogens with zero attached hydrogens (tertiary/aromatic N) is 3. The summed E-state index contributed by atoms with van der Waals surface area (Å²) in [5.74, 6) is 0.498. The summed E-state index contributed by atoms with van der Waals surface area (Å²) in [5.41, 5.74) is 0.180. The minimum absolute atomic E-state index is 0.252. The van der Waals surface area contributed by atoms with Crippen molar-refractivity contribution in [1.29, 1.82) is 0 Å². The quantitative estimate of drug-likeness (QED) is 0.486. The van der Waals surface area contributed by atoms with Crippen molar-refractivity contribution in [1.82, 2.24) is 19.5 Å². The van der Waals surface area contributed by atoms with Gasteiger partial charge in [0.15, 0.2) is 11.9 Å². The Labute approximate surface area is 148 Å². The normalized spacial score (nSPS) is 30.1. The fourth-order valence-corrected chi connectivity index (χ4v) is 3.78. The molecule has 1 saturated carbocycles. The van der Waals surface area contributed by atoms with Gasteiger partial charge in [0.2, 0.25) is 0 Å². The lowest BCUT2D eigenvalue weighted by atomic mass is 9.95. The van der Waals surface area contributed by atoms with Crippen molar-refractivity contribution in [2.24, 2.45) is 0 Å². The number of aliphatic hydroxyl groups is 3. The van der Waals surface area contributed by atoms with E-state index in [0.29, 0.717) is 11.3 Å². The van der Waals surface area contributed by atoms with Gasteiger partial charge in [-0.15, -0.1) is 0 Å². The van der Waals surface area contributed by atoms with Gasteiger partial charge in [-0.3, -0.25) is 9.55 Å². The fraction of sp³-hybridized carbons (Fsp3) is 0.688. The molecule has 5 N–H and O–H groups in total. The number of anilines is 1. The average molecular weight is 365 g/mol. The Kier molecular flexibility index (Phi) is 4.65. The number of fused-ring (bicyclic) bond motifs is 1. The topological polar surface area (TPSA) is 146 Å². The predicted octanol–water partition coefficient (Wildman–Crippen LogP) is -0.524. The van der Waals surface area contributed by atoms with Crippen molar-refractivity contribution >= 4 is 17.0 Å². The van der Waals surface area contributed by atoms with E-state index >= 15 is 0 Å². The minimum atomic E-state index is -1.26. The molecular weight excluding hydrogens is 342 g/mol. The maximum absolute atomic E-state index is 12.0. The molecule has 2 fully saturated rings. The van der Waals surface area contributed by atoms with Crippen LogP contribution in [0.25, 0.3) is 11.2 Å². The molecule has 1 aliphatic heterocycles. The van der Waals surface area contributed by atoms with Crippen LogP contribution in [0.3, 0.4) is 0 Å². The molecule has 10 nitrogen and oxygen atoms in total. The molecule has 2 aliphatic rings. The molecule has 4 rings (SSSR count).